The first-order valence-electron chi connectivity index (χ1n) is 5.50. The molecular weight excluding hydrogens is 280 g/mol. The highest BCUT2D eigenvalue weighted by Gasteiger charge is 2.06. The molecule has 1 amide bonds. The highest BCUT2D eigenvalue weighted by molar-refractivity contribution is 9.10. The van der Waals surface area contributed by atoms with E-state index in [9.17, 15) is 4.79 Å². The lowest BCUT2D eigenvalue weighted by atomic mass is 10.1. The van der Waals surface area contributed by atoms with Gasteiger partial charge in [-0.2, -0.15) is 0 Å². The number of hydrogen-bond acceptors (Lipinski definition) is 2. The third-order valence-electron chi connectivity index (χ3n) is 2.38. The monoisotopic (exact) mass is 296 g/mol. The normalized spacial score (nSPS) is 11.9. The minimum absolute atomic E-state index is 0.0196. The van der Waals surface area contributed by atoms with Crippen molar-refractivity contribution in [3.05, 3.63) is 47.0 Å². The molecule has 3 nitrogen and oxygen atoms in total. The van der Waals surface area contributed by atoms with Crippen LogP contribution in [0.5, 0.6) is 0 Å². The molecule has 0 bridgehead atoms. The van der Waals surface area contributed by atoms with Gasteiger partial charge in [0.05, 0.1) is 6.54 Å². The Bertz CT molecular complexity index is 376. The zero-order chi connectivity index (χ0) is 12.7. The summed E-state index contributed by atoms with van der Waals surface area (Å²) in [6, 6.07) is 8.20. The van der Waals surface area contributed by atoms with Crippen LogP contribution in [0.2, 0.25) is 0 Å². The number of nitrogens with one attached hydrogen (secondary N) is 2. The van der Waals surface area contributed by atoms with Gasteiger partial charge in [-0.1, -0.05) is 34.1 Å². The summed E-state index contributed by atoms with van der Waals surface area (Å²) in [4.78, 5) is 11.4. The zero-order valence-electron chi connectivity index (χ0n) is 9.87. The number of rotatable bonds is 6. The van der Waals surface area contributed by atoms with Gasteiger partial charge in [0.25, 0.3) is 0 Å². The summed E-state index contributed by atoms with van der Waals surface area (Å²) in [5.74, 6) is -0.0196. The Morgan fingerprint density at radius 2 is 2.12 bits per heavy atom. The fourth-order valence-corrected chi connectivity index (χ4v) is 1.63. The van der Waals surface area contributed by atoms with Crippen molar-refractivity contribution in [2.24, 2.45) is 0 Å². The molecule has 0 saturated carbocycles. The maximum atomic E-state index is 11.4. The van der Waals surface area contributed by atoms with E-state index in [2.05, 4.69) is 33.1 Å². The first kappa shape index (κ1) is 13.9. The van der Waals surface area contributed by atoms with E-state index in [1.807, 2.05) is 31.2 Å². The third kappa shape index (κ3) is 5.15. The maximum Gasteiger partial charge on any atom is 0.234 e. The van der Waals surface area contributed by atoms with E-state index >= 15 is 0 Å². The predicted octanol–water partition coefficient (Wildman–Crippen LogP) is 2.40. The Hall–Kier alpha value is -1.13. The van der Waals surface area contributed by atoms with Gasteiger partial charge in [0.15, 0.2) is 0 Å². The SMILES string of the molecule is C=CCNC(=O)CN[C@@H](C)c1ccc(Br)cc1. The van der Waals surface area contributed by atoms with Crippen molar-refractivity contribution in [1.29, 1.82) is 0 Å². The van der Waals surface area contributed by atoms with E-state index in [0.29, 0.717) is 13.1 Å². The van der Waals surface area contributed by atoms with E-state index in [1.54, 1.807) is 6.08 Å². The summed E-state index contributed by atoms with van der Waals surface area (Å²) in [5, 5.41) is 5.89. The second-order valence-electron chi connectivity index (χ2n) is 3.75. The summed E-state index contributed by atoms with van der Waals surface area (Å²) in [5.41, 5.74) is 1.16. The van der Waals surface area contributed by atoms with Gasteiger partial charge in [0.1, 0.15) is 0 Å². The molecule has 92 valence electrons. The standard InChI is InChI=1S/C13H17BrN2O/c1-3-8-15-13(17)9-16-10(2)11-4-6-12(14)7-5-11/h3-7,10,16H,1,8-9H2,2H3,(H,15,17)/t10-/m0/s1. The summed E-state index contributed by atoms with van der Waals surface area (Å²) in [6.45, 7) is 6.39. The van der Waals surface area contributed by atoms with Crippen molar-refractivity contribution in [3.8, 4) is 0 Å². The van der Waals surface area contributed by atoms with Crippen LogP contribution in [-0.2, 0) is 4.79 Å². The predicted molar refractivity (Wildman–Crippen MR) is 73.8 cm³/mol. The number of hydrogen-bond donors (Lipinski definition) is 2. The van der Waals surface area contributed by atoms with Gasteiger partial charge >= 0.3 is 0 Å². The second kappa shape index (κ2) is 7.25. The van der Waals surface area contributed by atoms with Crippen molar-refractivity contribution in [1.82, 2.24) is 10.6 Å². The minimum atomic E-state index is -0.0196. The number of amides is 1. The summed E-state index contributed by atoms with van der Waals surface area (Å²) >= 11 is 3.39. The van der Waals surface area contributed by atoms with Gasteiger partial charge in [-0.15, -0.1) is 6.58 Å². The molecule has 0 aliphatic heterocycles. The Labute approximate surface area is 110 Å². The summed E-state index contributed by atoms with van der Waals surface area (Å²) in [7, 11) is 0. The molecule has 1 aromatic carbocycles. The lowest BCUT2D eigenvalue weighted by Crippen LogP contribution is -2.35. The second-order valence-corrected chi connectivity index (χ2v) is 4.66. The Balaban J connectivity index is 2.39. The third-order valence-corrected chi connectivity index (χ3v) is 2.91. The van der Waals surface area contributed by atoms with Crippen LogP contribution < -0.4 is 10.6 Å². The molecule has 0 heterocycles. The molecule has 0 fully saturated rings. The average molecular weight is 297 g/mol. The fraction of sp³-hybridized carbons (Fsp3) is 0.308. The highest BCUT2D eigenvalue weighted by Crippen LogP contribution is 2.16. The van der Waals surface area contributed by atoms with Gasteiger partial charge < -0.3 is 10.6 Å². The van der Waals surface area contributed by atoms with Crippen molar-refractivity contribution in [2.45, 2.75) is 13.0 Å². The minimum Gasteiger partial charge on any atom is -0.352 e. The van der Waals surface area contributed by atoms with E-state index < -0.39 is 0 Å². The first-order valence-corrected chi connectivity index (χ1v) is 6.29. The van der Waals surface area contributed by atoms with Crippen LogP contribution in [-0.4, -0.2) is 19.0 Å². The van der Waals surface area contributed by atoms with Crippen molar-refractivity contribution in [3.63, 3.8) is 0 Å². The van der Waals surface area contributed by atoms with Crippen LogP contribution in [0, 0.1) is 0 Å². The van der Waals surface area contributed by atoms with Crippen LogP contribution >= 0.6 is 15.9 Å². The first-order chi connectivity index (χ1) is 8.13. The Kier molecular flexibility index (Phi) is 5.94. The largest absolute Gasteiger partial charge is 0.352 e. The zero-order valence-corrected chi connectivity index (χ0v) is 11.5. The smallest absolute Gasteiger partial charge is 0.234 e. The molecule has 0 spiro atoms. The van der Waals surface area contributed by atoms with E-state index in [-0.39, 0.29) is 11.9 Å². The molecule has 17 heavy (non-hydrogen) atoms. The molecule has 2 N–H and O–H groups in total. The maximum absolute atomic E-state index is 11.4. The highest BCUT2D eigenvalue weighted by atomic mass is 79.9. The van der Waals surface area contributed by atoms with Gasteiger partial charge in [0.2, 0.25) is 5.91 Å². The molecule has 1 aromatic rings. The number of halogens is 1. The molecule has 1 rings (SSSR count). The molecule has 0 aliphatic rings. The van der Waals surface area contributed by atoms with Gasteiger partial charge in [-0.25, -0.2) is 0 Å². The van der Waals surface area contributed by atoms with Crippen LogP contribution in [0.4, 0.5) is 0 Å². The quantitative estimate of drug-likeness (QED) is 0.792. The van der Waals surface area contributed by atoms with Gasteiger partial charge in [-0.05, 0) is 24.6 Å². The molecule has 0 aromatic heterocycles. The van der Waals surface area contributed by atoms with E-state index in [1.165, 1.54) is 0 Å². The molecule has 0 aliphatic carbocycles. The van der Waals surface area contributed by atoms with Crippen LogP contribution in [0.3, 0.4) is 0 Å². The Morgan fingerprint density at radius 1 is 1.47 bits per heavy atom. The van der Waals surface area contributed by atoms with Gasteiger partial charge in [0, 0.05) is 17.1 Å². The van der Waals surface area contributed by atoms with Gasteiger partial charge in [-0.3, -0.25) is 4.79 Å². The van der Waals surface area contributed by atoms with Crippen LogP contribution in [0.25, 0.3) is 0 Å². The van der Waals surface area contributed by atoms with Crippen LogP contribution in [0.15, 0.2) is 41.4 Å². The Morgan fingerprint density at radius 3 is 2.71 bits per heavy atom. The summed E-state index contributed by atoms with van der Waals surface area (Å²) in [6.07, 6.45) is 1.66. The average Bonchev–Trinajstić information content (AvgIpc) is 2.34. The number of carbonyl (C=O) groups is 1. The van der Waals surface area contributed by atoms with Crippen LogP contribution in [0.1, 0.15) is 18.5 Å². The van der Waals surface area contributed by atoms with E-state index in [4.69, 9.17) is 0 Å². The summed E-state index contributed by atoms with van der Waals surface area (Å²) < 4.78 is 1.05. The van der Waals surface area contributed by atoms with Crippen molar-refractivity contribution >= 4 is 21.8 Å². The van der Waals surface area contributed by atoms with E-state index in [0.717, 1.165) is 10.0 Å². The molecular formula is C13H17BrN2O. The number of carbonyl (C=O) groups excluding carboxylic acids is 1. The molecule has 4 heteroatoms. The fourth-order valence-electron chi connectivity index (χ4n) is 1.36. The molecule has 0 radical (unpaired) electrons. The van der Waals surface area contributed by atoms with Crippen molar-refractivity contribution in [2.75, 3.05) is 13.1 Å². The molecule has 0 unspecified atom stereocenters. The number of benzene rings is 1. The molecule has 0 saturated heterocycles. The topological polar surface area (TPSA) is 41.1 Å². The molecule has 1 atom stereocenters. The van der Waals surface area contributed by atoms with Crippen molar-refractivity contribution < 1.29 is 4.79 Å². The lowest BCUT2D eigenvalue weighted by Gasteiger charge is -2.14. The lowest BCUT2D eigenvalue weighted by molar-refractivity contribution is -0.120.